The zero-order valence-corrected chi connectivity index (χ0v) is 16.3. The zero-order valence-electron chi connectivity index (χ0n) is 15.5. The molecular weight excluding hydrogens is 373 g/mol. The van der Waals surface area contributed by atoms with E-state index in [0.717, 1.165) is 36.6 Å². The van der Waals surface area contributed by atoms with Crippen molar-refractivity contribution in [3.63, 3.8) is 0 Å². The number of rotatable bonds is 4. The number of thiophene rings is 1. The predicted molar refractivity (Wildman–Crippen MR) is 109 cm³/mol. The number of nitrogens with zero attached hydrogens (tertiary/aromatic N) is 4. The van der Waals surface area contributed by atoms with E-state index >= 15 is 0 Å². The van der Waals surface area contributed by atoms with Gasteiger partial charge in [-0.3, -0.25) is 4.98 Å². The summed E-state index contributed by atoms with van der Waals surface area (Å²) in [4.78, 5) is 5.53. The largest absolute Gasteiger partial charge is 0.309 e. The van der Waals surface area contributed by atoms with Gasteiger partial charge in [-0.25, -0.2) is 4.39 Å². The van der Waals surface area contributed by atoms with Crippen LogP contribution in [0.1, 0.15) is 30.1 Å². The second-order valence-electron chi connectivity index (χ2n) is 7.24. The third-order valence-electron chi connectivity index (χ3n) is 5.30. The fourth-order valence-corrected chi connectivity index (χ4v) is 4.87. The molecule has 0 saturated carbocycles. The van der Waals surface area contributed by atoms with E-state index in [2.05, 4.69) is 44.1 Å². The fourth-order valence-electron chi connectivity index (χ4n) is 3.83. The van der Waals surface area contributed by atoms with Gasteiger partial charge in [-0.2, -0.15) is 0 Å². The minimum absolute atomic E-state index is 0.242. The van der Waals surface area contributed by atoms with Crippen molar-refractivity contribution in [3.8, 4) is 11.4 Å². The lowest BCUT2D eigenvalue weighted by molar-refractivity contribution is 0.355. The Bertz CT molecular complexity index is 1080. The van der Waals surface area contributed by atoms with Gasteiger partial charge in [0, 0.05) is 47.9 Å². The predicted octanol–water partition coefficient (Wildman–Crippen LogP) is 4.36. The van der Waals surface area contributed by atoms with Crippen LogP contribution in [0.25, 0.3) is 21.5 Å². The van der Waals surface area contributed by atoms with Crippen LogP contribution in [0.3, 0.4) is 0 Å². The highest BCUT2D eigenvalue weighted by Crippen LogP contribution is 2.30. The van der Waals surface area contributed by atoms with Crippen molar-refractivity contribution in [2.24, 2.45) is 0 Å². The molecule has 1 aliphatic heterocycles. The van der Waals surface area contributed by atoms with Crippen molar-refractivity contribution in [1.29, 1.82) is 0 Å². The van der Waals surface area contributed by atoms with Crippen LogP contribution in [-0.4, -0.2) is 25.8 Å². The Morgan fingerprint density at radius 3 is 2.89 bits per heavy atom. The number of benzene rings is 1. The lowest BCUT2D eigenvalue weighted by atomic mass is 10.0. The summed E-state index contributed by atoms with van der Waals surface area (Å²) in [6.45, 7) is 3.02. The Labute approximate surface area is 166 Å². The molecule has 3 aromatic heterocycles. The van der Waals surface area contributed by atoms with Crippen LogP contribution >= 0.6 is 11.3 Å². The molecule has 1 aromatic carbocycles. The molecule has 0 bridgehead atoms. The molecule has 4 aromatic rings. The maximum Gasteiger partial charge on any atom is 0.164 e. The number of halogens is 1. The molecular formula is C21H20FN5S. The first-order valence-corrected chi connectivity index (χ1v) is 10.3. The van der Waals surface area contributed by atoms with Crippen molar-refractivity contribution in [2.75, 3.05) is 0 Å². The van der Waals surface area contributed by atoms with E-state index in [4.69, 9.17) is 0 Å². The lowest BCUT2D eigenvalue weighted by Crippen LogP contribution is -2.38. The Morgan fingerprint density at radius 1 is 1.21 bits per heavy atom. The van der Waals surface area contributed by atoms with Crippen LogP contribution in [0.4, 0.5) is 4.39 Å². The SMILES string of the molecule is CC(NC1CCc2nnc(-c3ccc(F)cc3)n2C1)c1cc2ccncc2s1. The smallest absolute Gasteiger partial charge is 0.164 e. The molecule has 2 unspecified atom stereocenters. The minimum Gasteiger partial charge on any atom is -0.309 e. The molecule has 7 heteroatoms. The molecule has 5 rings (SSSR count). The van der Waals surface area contributed by atoms with Crippen LogP contribution in [-0.2, 0) is 13.0 Å². The highest BCUT2D eigenvalue weighted by molar-refractivity contribution is 7.19. The molecule has 0 fully saturated rings. The summed E-state index contributed by atoms with van der Waals surface area (Å²) in [6, 6.07) is 11.4. The third-order valence-corrected chi connectivity index (χ3v) is 6.57. The van der Waals surface area contributed by atoms with Gasteiger partial charge in [0.25, 0.3) is 0 Å². The molecule has 1 aliphatic rings. The third kappa shape index (κ3) is 3.21. The molecule has 0 amide bonds. The van der Waals surface area contributed by atoms with Gasteiger partial charge >= 0.3 is 0 Å². The Kier molecular flexibility index (Phi) is 4.41. The molecule has 2 atom stereocenters. The van der Waals surface area contributed by atoms with Crippen molar-refractivity contribution in [1.82, 2.24) is 25.1 Å². The molecule has 5 nitrogen and oxygen atoms in total. The Balaban J connectivity index is 1.35. The van der Waals surface area contributed by atoms with Crippen LogP contribution in [0.2, 0.25) is 0 Å². The first-order valence-electron chi connectivity index (χ1n) is 9.45. The van der Waals surface area contributed by atoms with E-state index < -0.39 is 0 Å². The van der Waals surface area contributed by atoms with Crippen molar-refractivity contribution in [3.05, 3.63) is 65.3 Å². The van der Waals surface area contributed by atoms with Gasteiger partial charge < -0.3 is 9.88 Å². The summed E-state index contributed by atoms with van der Waals surface area (Å²) in [7, 11) is 0. The van der Waals surface area contributed by atoms with E-state index in [-0.39, 0.29) is 11.9 Å². The van der Waals surface area contributed by atoms with Gasteiger partial charge in [-0.1, -0.05) is 0 Å². The van der Waals surface area contributed by atoms with E-state index in [1.54, 1.807) is 23.5 Å². The van der Waals surface area contributed by atoms with Gasteiger partial charge in [-0.05, 0) is 55.1 Å². The highest BCUT2D eigenvalue weighted by Gasteiger charge is 2.25. The molecule has 0 aliphatic carbocycles. The number of pyridine rings is 1. The molecule has 142 valence electrons. The van der Waals surface area contributed by atoms with Crippen molar-refractivity contribution < 1.29 is 4.39 Å². The van der Waals surface area contributed by atoms with E-state index in [1.807, 2.05) is 12.4 Å². The number of aromatic nitrogens is 4. The minimum atomic E-state index is -0.242. The topological polar surface area (TPSA) is 55.6 Å². The number of hydrogen-bond acceptors (Lipinski definition) is 5. The average molecular weight is 393 g/mol. The van der Waals surface area contributed by atoms with E-state index in [0.29, 0.717) is 6.04 Å². The maximum atomic E-state index is 13.3. The van der Waals surface area contributed by atoms with Crippen LogP contribution in [0.5, 0.6) is 0 Å². The van der Waals surface area contributed by atoms with Crippen LogP contribution < -0.4 is 5.32 Å². The summed E-state index contributed by atoms with van der Waals surface area (Å²) in [5.41, 5.74) is 0.894. The molecule has 0 radical (unpaired) electrons. The van der Waals surface area contributed by atoms with E-state index in [1.165, 1.54) is 27.1 Å². The van der Waals surface area contributed by atoms with Gasteiger partial charge in [0.2, 0.25) is 0 Å². The van der Waals surface area contributed by atoms with Gasteiger partial charge in [0.1, 0.15) is 11.6 Å². The van der Waals surface area contributed by atoms with Crippen LogP contribution in [0, 0.1) is 5.82 Å². The molecule has 28 heavy (non-hydrogen) atoms. The van der Waals surface area contributed by atoms with Gasteiger partial charge in [0.05, 0.1) is 4.70 Å². The fraction of sp³-hybridized carbons (Fsp3) is 0.286. The summed E-state index contributed by atoms with van der Waals surface area (Å²) in [5, 5.41) is 13.7. The van der Waals surface area contributed by atoms with Crippen molar-refractivity contribution in [2.45, 2.75) is 38.4 Å². The molecule has 0 saturated heterocycles. The van der Waals surface area contributed by atoms with E-state index in [9.17, 15) is 4.39 Å². The molecule has 0 spiro atoms. The first-order chi connectivity index (χ1) is 13.7. The Morgan fingerprint density at radius 2 is 2.07 bits per heavy atom. The quantitative estimate of drug-likeness (QED) is 0.560. The lowest BCUT2D eigenvalue weighted by Gasteiger charge is -2.28. The summed E-state index contributed by atoms with van der Waals surface area (Å²) < 4.78 is 16.6. The number of hydrogen-bond donors (Lipinski definition) is 1. The number of aryl methyl sites for hydroxylation is 1. The number of nitrogens with one attached hydrogen (secondary N) is 1. The summed E-state index contributed by atoms with van der Waals surface area (Å²) in [6.07, 6.45) is 5.67. The normalized spacial score (nSPS) is 17.6. The molecule has 4 heterocycles. The summed E-state index contributed by atoms with van der Waals surface area (Å²) in [5.74, 6) is 1.56. The standard InChI is InChI=1S/C21H20FN5S/c1-13(18-10-15-8-9-23-11-19(15)28-18)24-17-6-7-20-25-26-21(27(20)12-17)14-2-4-16(22)5-3-14/h2-5,8-11,13,17,24H,6-7,12H2,1H3. The van der Waals surface area contributed by atoms with Crippen LogP contribution in [0.15, 0.2) is 48.8 Å². The second-order valence-corrected chi connectivity index (χ2v) is 8.36. The summed E-state index contributed by atoms with van der Waals surface area (Å²) >= 11 is 1.79. The van der Waals surface area contributed by atoms with Crippen molar-refractivity contribution >= 4 is 21.4 Å². The van der Waals surface area contributed by atoms with Gasteiger partial charge in [-0.15, -0.1) is 21.5 Å². The van der Waals surface area contributed by atoms with Gasteiger partial charge in [0.15, 0.2) is 5.82 Å². The zero-order chi connectivity index (χ0) is 19.1. The second kappa shape index (κ2) is 7.07. The monoisotopic (exact) mass is 393 g/mol. The number of fused-ring (bicyclic) bond motifs is 2. The highest BCUT2D eigenvalue weighted by atomic mass is 32.1. The first kappa shape index (κ1) is 17.5. The maximum absolute atomic E-state index is 13.3. The Hall–Kier alpha value is -2.64. The molecule has 1 N–H and O–H groups in total. The average Bonchev–Trinajstić information content (AvgIpc) is 3.32.